The number of fused-ring (bicyclic) bond motifs is 1. The number of anilines is 1. The van der Waals surface area contributed by atoms with Gasteiger partial charge >= 0.3 is 0 Å². The lowest BCUT2D eigenvalue weighted by Gasteiger charge is -2.20. The summed E-state index contributed by atoms with van der Waals surface area (Å²) in [5, 5.41) is 11.4. The van der Waals surface area contributed by atoms with E-state index in [1.807, 2.05) is 24.3 Å². The van der Waals surface area contributed by atoms with Gasteiger partial charge < -0.3 is 10.2 Å². The van der Waals surface area contributed by atoms with E-state index in [4.69, 9.17) is 0 Å². The van der Waals surface area contributed by atoms with Crippen molar-refractivity contribution < 1.29 is 0 Å². The number of rotatable bonds is 6. The molecule has 0 spiro atoms. The van der Waals surface area contributed by atoms with Gasteiger partial charge in [0.2, 0.25) is 5.95 Å². The number of nitrogens with one attached hydrogen (secondary N) is 1. The van der Waals surface area contributed by atoms with Gasteiger partial charge in [0.15, 0.2) is 0 Å². The number of aromatic nitrogens is 3. The number of benzene rings is 1. The minimum Gasteiger partial charge on any atom is -0.353 e. The number of hydrogen-bond acceptors (Lipinski definition) is 5. The number of para-hydroxylation sites is 1. The summed E-state index contributed by atoms with van der Waals surface area (Å²) in [5.74, 6) is 0.603. The lowest BCUT2D eigenvalue weighted by atomic mass is 10.3. The van der Waals surface area contributed by atoms with Gasteiger partial charge in [0, 0.05) is 12.6 Å². The summed E-state index contributed by atoms with van der Waals surface area (Å²) < 4.78 is 0. The molecule has 0 bridgehead atoms. The molecule has 1 aromatic carbocycles. The van der Waals surface area contributed by atoms with E-state index in [1.54, 1.807) is 0 Å². The smallest absolute Gasteiger partial charge is 0.243 e. The molecule has 2 aromatic rings. The molecule has 5 nitrogen and oxygen atoms in total. The fourth-order valence-corrected chi connectivity index (χ4v) is 1.74. The summed E-state index contributed by atoms with van der Waals surface area (Å²) in [6, 6.07) is 8.34. The van der Waals surface area contributed by atoms with E-state index in [9.17, 15) is 0 Å². The molecule has 19 heavy (non-hydrogen) atoms. The van der Waals surface area contributed by atoms with Crippen molar-refractivity contribution in [1.82, 2.24) is 20.1 Å². The van der Waals surface area contributed by atoms with E-state index in [2.05, 4.69) is 46.3 Å². The van der Waals surface area contributed by atoms with E-state index < -0.39 is 0 Å². The molecule has 0 aliphatic carbocycles. The van der Waals surface area contributed by atoms with Crippen molar-refractivity contribution in [3.8, 4) is 0 Å². The first-order valence-corrected chi connectivity index (χ1v) is 6.70. The van der Waals surface area contributed by atoms with Crippen molar-refractivity contribution in [2.24, 2.45) is 0 Å². The fraction of sp³-hybridized carbons (Fsp3) is 0.500. The van der Waals surface area contributed by atoms with Crippen molar-refractivity contribution in [1.29, 1.82) is 0 Å². The highest BCUT2D eigenvalue weighted by Crippen LogP contribution is 2.08. The molecule has 0 saturated heterocycles. The lowest BCUT2D eigenvalue weighted by molar-refractivity contribution is 0.273. The molecule has 1 N–H and O–H groups in total. The Balaban J connectivity index is 1.85. The van der Waals surface area contributed by atoms with Gasteiger partial charge in [-0.25, -0.2) is 4.98 Å². The van der Waals surface area contributed by atoms with Crippen molar-refractivity contribution in [3.63, 3.8) is 0 Å². The second-order valence-corrected chi connectivity index (χ2v) is 4.98. The predicted molar refractivity (Wildman–Crippen MR) is 78.2 cm³/mol. The van der Waals surface area contributed by atoms with Crippen LogP contribution in [-0.4, -0.2) is 46.3 Å². The Hall–Kier alpha value is -1.75. The molecule has 0 amide bonds. The summed E-state index contributed by atoms with van der Waals surface area (Å²) in [7, 11) is 2.14. The van der Waals surface area contributed by atoms with Crippen LogP contribution < -0.4 is 5.32 Å². The Morgan fingerprint density at radius 3 is 2.63 bits per heavy atom. The molecule has 0 fully saturated rings. The highest BCUT2D eigenvalue weighted by molar-refractivity contribution is 5.73. The quantitative estimate of drug-likeness (QED) is 0.806. The zero-order valence-electron chi connectivity index (χ0n) is 11.8. The van der Waals surface area contributed by atoms with Crippen LogP contribution >= 0.6 is 0 Å². The average molecular weight is 259 g/mol. The maximum Gasteiger partial charge on any atom is 0.243 e. The second-order valence-electron chi connectivity index (χ2n) is 4.98. The van der Waals surface area contributed by atoms with Crippen LogP contribution in [-0.2, 0) is 0 Å². The van der Waals surface area contributed by atoms with Crippen LogP contribution in [0.1, 0.15) is 20.3 Å². The lowest BCUT2D eigenvalue weighted by Crippen LogP contribution is -2.28. The minimum absolute atomic E-state index is 0.582. The first kappa shape index (κ1) is 13.7. The van der Waals surface area contributed by atoms with Crippen LogP contribution in [0.3, 0.4) is 0 Å². The van der Waals surface area contributed by atoms with Gasteiger partial charge in [-0.3, -0.25) is 0 Å². The predicted octanol–water partition coefficient (Wildman–Crippen LogP) is 2.17. The van der Waals surface area contributed by atoms with E-state index in [0.29, 0.717) is 12.0 Å². The Morgan fingerprint density at radius 2 is 1.89 bits per heavy atom. The molecule has 2 rings (SSSR count). The van der Waals surface area contributed by atoms with E-state index in [0.717, 1.165) is 30.5 Å². The molecule has 0 aliphatic heterocycles. The summed E-state index contributed by atoms with van der Waals surface area (Å²) in [6.07, 6.45) is 1.06. The van der Waals surface area contributed by atoms with Crippen LogP contribution in [0.25, 0.3) is 11.0 Å². The van der Waals surface area contributed by atoms with Crippen molar-refractivity contribution in [3.05, 3.63) is 24.3 Å². The molecule has 0 atom stereocenters. The summed E-state index contributed by atoms with van der Waals surface area (Å²) in [4.78, 5) is 6.75. The molecule has 1 heterocycles. The maximum absolute atomic E-state index is 4.43. The fourth-order valence-electron chi connectivity index (χ4n) is 1.74. The van der Waals surface area contributed by atoms with Crippen molar-refractivity contribution in [2.75, 3.05) is 25.5 Å². The number of nitrogens with zero attached hydrogens (tertiary/aromatic N) is 4. The molecule has 5 heteroatoms. The topological polar surface area (TPSA) is 53.9 Å². The van der Waals surface area contributed by atoms with Crippen molar-refractivity contribution >= 4 is 17.0 Å². The summed E-state index contributed by atoms with van der Waals surface area (Å²) in [5.41, 5.74) is 1.70. The van der Waals surface area contributed by atoms with Gasteiger partial charge in [-0.2, -0.15) is 0 Å². The molecule has 0 radical (unpaired) electrons. The molecular weight excluding hydrogens is 238 g/mol. The van der Waals surface area contributed by atoms with Crippen LogP contribution in [0.15, 0.2) is 24.3 Å². The molecule has 0 aliphatic rings. The third kappa shape index (κ3) is 3.86. The standard InChI is InChI=1S/C14H21N5/c1-11(2)19(3)10-6-9-15-14-16-12-7-4-5-8-13(12)17-18-14/h4-5,7-8,11H,6,9-10H2,1-3H3,(H,15,16,18). The minimum atomic E-state index is 0.582. The Morgan fingerprint density at radius 1 is 1.16 bits per heavy atom. The van der Waals surface area contributed by atoms with Gasteiger partial charge in [0.25, 0.3) is 0 Å². The third-order valence-electron chi connectivity index (χ3n) is 3.21. The highest BCUT2D eigenvalue weighted by Gasteiger charge is 2.03. The molecule has 0 saturated carbocycles. The Kier molecular flexibility index (Phi) is 4.63. The summed E-state index contributed by atoms with van der Waals surface area (Å²) in [6.45, 7) is 6.32. The van der Waals surface area contributed by atoms with Gasteiger partial charge in [-0.1, -0.05) is 12.1 Å². The van der Waals surface area contributed by atoms with Gasteiger partial charge in [-0.05, 0) is 46.0 Å². The monoisotopic (exact) mass is 259 g/mol. The normalized spacial score (nSPS) is 11.4. The van der Waals surface area contributed by atoms with E-state index in [-0.39, 0.29) is 0 Å². The summed E-state index contributed by atoms with van der Waals surface area (Å²) >= 11 is 0. The third-order valence-corrected chi connectivity index (χ3v) is 3.21. The van der Waals surface area contributed by atoms with E-state index in [1.165, 1.54) is 0 Å². The van der Waals surface area contributed by atoms with Crippen molar-refractivity contribution in [2.45, 2.75) is 26.3 Å². The van der Waals surface area contributed by atoms with Gasteiger partial charge in [0.1, 0.15) is 5.52 Å². The maximum atomic E-state index is 4.43. The Labute approximate surface area is 114 Å². The number of hydrogen-bond donors (Lipinski definition) is 1. The zero-order chi connectivity index (χ0) is 13.7. The highest BCUT2D eigenvalue weighted by atomic mass is 15.2. The molecule has 1 aromatic heterocycles. The van der Waals surface area contributed by atoms with Crippen LogP contribution in [0, 0.1) is 0 Å². The average Bonchev–Trinajstić information content (AvgIpc) is 2.43. The van der Waals surface area contributed by atoms with Crippen LogP contribution in [0.5, 0.6) is 0 Å². The molecule has 102 valence electrons. The van der Waals surface area contributed by atoms with Gasteiger partial charge in [0.05, 0.1) is 5.52 Å². The zero-order valence-corrected chi connectivity index (χ0v) is 11.8. The first-order chi connectivity index (χ1) is 9.16. The SMILES string of the molecule is CC(C)N(C)CCCNc1nnc2ccccc2n1. The second kappa shape index (κ2) is 6.43. The first-order valence-electron chi connectivity index (χ1n) is 6.70. The Bertz CT molecular complexity index is 526. The largest absolute Gasteiger partial charge is 0.353 e. The molecule has 0 unspecified atom stereocenters. The van der Waals surface area contributed by atoms with Crippen LogP contribution in [0.2, 0.25) is 0 Å². The van der Waals surface area contributed by atoms with E-state index >= 15 is 0 Å². The van der Waals surface area contributed by atoms with Gasteiger partial charge in [-0.15, -0.1) is 10.2 Å². The van der Waals surface area contributed by atoms with Crippen LogP contribution in [0.4, 0.5) is 5.95 Å². The molecular formula is C14H21N5.